The van der Waals surface area contributed by atoms with Gasteiger partial charge in [-0.15, -0.1) is 23.7 Å². The Kier molecular flexibility index (Phi) is 3.13. The number of thiophene rings is 1. The summed E-state index contributed by atoms with van der Waals surface area (Å²) in [6.45, 7) is 2.45. The fourth-order valence-corrected chi connectivity index (χ4v) is 2.04. The van der Waals surface area contributed by atoms with E-state index in [0.29, 0.717) is 17.6 Å². The van der Waals surface area contributed by atoms with Crippen molar-refractivity contribution in [3.05, 3.63) is 21.9 Å². The van der Waals surface area contributed by atoms with Crippen molar-refractivity contribution in [2.24, 2.45) is 0 Å². The molecule has 0 bridgehead atoms. The maximum absolute atomic E-state index is 11.7. The van der Waals surface area contributed by atoms with Crippen molar-refractivity contribution < 1.29 is 0 Å². The number of halogens is 1. The van der Waals surface area contributed by atoms with Crippen LogP contribution in [-0.2, 0) is 6.54 Å². The Balaban J connectivity index is 0.000000980. The molecule has 6 heteroatoms. The summed E-state index contributed by atoms with van der Waals surface area (Å²) < 4.78 is 2.26. The van der Waals surface area contributed by atoms with Gasteiger partial charge in [-0.25, -0.2) is 4.68 Å². The third kappa shape index (κ3) is 1.49. The largest absolute Gasteiger partial charge is 0.397 e. The highest BCUT2D eigenvalue weighted by atomic mass is 35.5. The molecule has 76 valence electrons. The number of aromatic nitrogens is 2. The normalized spacial score (nSPS) is 10.1. The number of nitrogens with two attached hydrogens (primary N) is 1. The molecule has 4 nitrogen and oxygen atoms in total. The summed E-state index contributed by atoms with van der Waals surface area (Å²) in [5, 5.41) is 6.37. The molecular formula is C8H10ClN3OS. The van der Waals surface area contributed by atoms with Crippen LogP contribution in [0.2, 0.25) is 0 Å². The molecule has 14 heavy (non-hydrogen) atoms. The molecule has 0 aromatic carbocycles. The number of hydrogen-bond acceptors (Lipinski definition) is 4. The molecular weight excluding hydrogens is 222 g/mol. The molecule has 0 fully saturated rings. The number of nitrogens with zero attached hydrogens (tertiary/aromatic N) is 2. The zero-order valence-corrected chi connectivity index (χ0v) is 9.19. The van der Waals surface area contributed by atoms with Crippen LogP contribution in [0, 0.1) is 0 Å². The second kappa shape index (κ2) is 3.98. The van der Waals surface area contributed by atoms with Gasteiger partial charge in [0.25, 0.3) is 5.56 Å². The lowest BCUT2D eigenvalue weighted by Crippen LogP contribution is -2.21. The summed E-state index contributed by atoms with van der Waals surface area (Å²) in [4.78, 5) is 11.7. The first-order chi connectivity index (χ1) is 6.24. The summed E-state index contributed by atoms with van der Waals surface area (Å²) in [5.74, 6) is 0. The van der Waals surface area contributed by atoms with Crippen molar-refractivity contribution >= 4 is 39.5 Å². The third-order valence-corrected chi connectivity index (χ3v) is 2.85. The lowest BCUT2D eigenvalue weighted by atomic mass is 10.3. The van der Waals surface area contributed by atoms with Gasteiger partial charge < -0.3 is 5.73 Å². The van der Waals surface area contributed by atoms with Crippen LogP contribution in [0.15, 0.2) is 16.4 Å². The molecule has 0 atom stereocenters. The SMILES string of the molecule is CCn1ncc2scc(N)c2c1=O.Cl. The Morgan fingerprint density at radius 2 is 2.36 bits per heavy atom. The molecule has 2 N–H and O–H groups in total. The quantitative estimate of drug-likeness (QED) is 0.809. The van der Waals surface area contributed by atoms with Crippen molar-refractivity contribution in [1.82, 2.24) is 9.78 Å². The Labute approximate surface area is 90.8 Å². The summed E-state index contributed by atoms with van der Waals surface area (Å²) in [6.07, 6.45) is 1.68. The second-order valence-electron chi connectivity index (χ2n) is 2.70. The van der Waals surface area contributed by atoms with Gasteiger partial charge in [0.1, 0.15) is 0 Å². The van der Waals surface area contributed by atoms with Crippen LogP contribution in [0.25, 0.3) is 10.1 Å². The van der Waals surface area contributed by atoms with Crippen molar-refractivity contribution in [1.29, 1.82) is 0 Å². The van der Waals surface area contributed by atoms with Crippen LogP contribution in [0.5, 0.6) is 0 Å². The van der Waals surface area contributed by atoms with E-state index in [1.165, 1.54) is 16.0 Å². The van der Waals surface area contributed by atoms with Crippen molar-refractivity contribution in [3.63, 3.8) is 0 Å². The highest BCUT2D eigenvalue weighted by Gasteiger charge is 2.07. The summed E-state index contributed by atoms with van der Waals surface area (Å²) in [6, 6.07) is 0. The maximum Gasteiger partial charge on any atom is 0.277 e. The highest BCUT2D eigenvalue weighted by Crippen LogP contribution is 2.23. The first kappa shape index (κ1) is 11.0. The van der Waals surface area contributed by atoms with Crippen LogP contribution >= 0.6 is 23.7 Å². The predicted molar refractivity (Wildman–Crippen MR) is 61.2 cm³/mol. The molecule has 0 saturated carbocycles. The van der Waals surface area contributed by atoms with E-state index >= 15 is 0 Å². The minimum atomic E-state index is -0.0984. The van der Waals surface area contributed by atoms with E-state index in [4.69, 9.17) is 5.73 Å². The fraction of sp³-hybridized carbons (Fsp3) is 0.250. The van der Waals surface area contributed by atoms with E-state index in [2.05, 4.69) is 5.10 Å². The van der Waals surface area contributed by atoms with Crippen LogP contribution in [0.3, 0.4) is 0 Å². The first-order valence-corrected chi connectivity index (χ1v) is 4.84. The van der Waals surface area contributed by atoms with Crippen LogP contribution in [-0.4, -0.2) is 9.78 Å². The Morgan fingerprint density at radius 3 is 3.00 bits per heavy atom. The maximum atomic E-state index is 11.7. The van der Waals surface area contributed by atoms with Gasteiger partial charge >= 0.3 is 0 Å². The average molecular weight is 232 g/mol. The lowest BCUT2D eigenvalue weighted by molar-refractivity contribution is 0.624. The Morgan fingerprint density at radius 1 is 1.64 bits per heavy atom. The molecule has 0 aliphatic rings. The first-order valence-electron chi connectivity index (χ1n) is 3.97. The van der Waals surface area contributed by atoms with Gasteiger partial charge in [-0.05, 0) is 6.92 Å². The lowest BCUT2D eigenvalue weighted by Gasteiger charge is -1.98. The van der Waals surface area contributed by atoms with Gasteiger partial charge in [0, 0.05) is 11.9 Å². The monoisotopic (exact) mass is 231 g/mol. The van der Waals surface area contributed by atoms with Gasteiger partial charge in [-0.3, -0.25) is 4.79 Å². The number of fused-ring (bicyclic) bond motifs is 1. The molecule has 2 heterocycles. The fourth-order valence-electron chi connectivity index (χ4n) is 1.24. The van der Waals surface area contributed by atoms with Crippen molar-refractivity contribution in [2.45, 2.75) is 13.5 Å². The summed E-state index contributed by atoms with van der Waals surface area (Å²) >= 11 is 1.45. The van der Waals surface area contributed by atoms with Crippen molar-refractivity contribution in [2.75, 3.05) is 5.73 Å². The Hall–Kier alpha value is -1.07. The zero-order chi connectivity index (χ0) is 9.42. The minimum absolute atomic E-state index is 0. The van der Waals surface area contributed by atoms with E-state index in [-0.39, 0.29) is 18.0 Å². The molecule has 2 rings (SSSR count). The molecule has 0 aliphatic heterocycles. The van der Waals surface area contributed by atoms with Crippen LogP contribution in [0.4, 0.5) is 5.69 Å². The minimum Gasteiger partial charge on any atom is -0.397 e. The number of aryl methyl sites for hydroxylation is 1. The molecule has 0 spiro atoms. The molecule has 0 amide bonds. The van der Waals surface area contributed by atoms with Crippen molar-refractivity contribution in [3.8, 4) is 0 Å². The van der Waals surface area contributed by atoms with Gasteiger partial charge in [0.15, 0.2) is 0 Å². The van der Waals surface area contributed by atoms with Gasteiger partial charge in [-0.1, -0.05) is 0 Å². The average Bonchev–Trinajstić information content (AvgIpc) is 2.49. The zero-order valence-electron chi connectivity index (χ0n) is 7.56. The third-order valence-electron chi connectivity index (χ3n) is 1.91. The number of nitrogen functional groups attached to an aromatic ring is 1. The number of anilines is 1. The smallest absolute Gasteiger partial charge is 0.277 e. The topological polar surface area (TPSA) is 60.9 Å². The summed E-state index contributed by atoms with van der Waals surface area (Å²) in [7, 11) is 0. The second-order valence-corrected chi connectivity index (χ2v) is 3.61. The highest BCUT2D eigenvalue weighted by molar-refractivity contribution is 7.17. The van der Waals surface area contributed by atoms with Crippen LogP contribution in [0.1, 0.15) is 6.92 Å². The molecule has 0 saturated heterocycles. The molecule has 2 aromatic rings. The summed E-state index contributed by atoms with van der Waals surface area (Å²) in [5.41, 5.74) is 6.12. The number of rotatable bonds is 1. The molecule has 2 aromatic heterocycles. The van der Waals surface area contributed by atoms with E-state index in [0.717, 1.165) is 4.70 Å². The molecule has 0 unspecified atom stereocenters. The van der Waals surface area contributed by atoms with E-state index in [9.17, 15) is 4.79 Å². The van der Waals surface area contributed by atoms with E-state index in [1.807, 2.05) is 6.92 Å². The number of hydrogen-bond donors (Lipinski definition) is 1. The van der Waals surface area contributed by atoms with Crippen LogP contribution < -0.4 is 11.3 Å². The van der Waals surface area contributed by atoms with Gasteiger partial charge in [0.05, 0.1) is 22.0 Å². The standard InChI is InChI=1S/C8H9N3OS.ClH/c1-2-11-8(12)7-5(9)4-13-6(7)3-10-11;/h3-4H,2,9H2,1H3;1H. The van der Waals surface area contributed by atoms with Gasteiger partial charge in [0.2, 0.25) is 0 Å². The molecule has 0 aliphatic carbocycles. The Bertz CT molecular complexity index is 505. The van der Waals surface area contributed by atoms with Gasteiger partial charge in [-0.2, -0.15) is 5.10 Å². The molecule has 0 radical (unpaired) electrons. The predicted octanol–water partition coefficient (Wildman–Crippen LogP) is 1.48. The van der Waals surface area contributed by atoms with E-state index < -0.39 is 0 Å². The van der Waals surface area contributed by atoms with E-state index in [1.54, 1.807) is 11.6 Å².